The van der Waals surface area contributed by atoms with Gasteiger partial charge in [0.25, 0.3) is 0 Å². The van der Waals surface area contributed by atoms with Crippen LogP contribution in [0, 0.1) is 0 Å². The maximum Gasteiger partial charge on any atom is 0.417 e. The molecule has 3 amide bonds. The summed E-state index contributed by atoms with van der Waals surface area (Å²) in [4.78, 5) is 26.1. The molecule has 1 atom stereocenters. The van der Waals surface area contributed by atoms with Gasteiger partial charge in [-0.25, -0.2) is 9.78 Å². The summed E-state index contributed by atoms with van der Waals surface area (Å²) in [6, 6.07) is 1.42. The summed E-state index contributed by atoms with van der Waals surface area (Å²) in [5.74, 6) is -0.559. The van der Waals surface area contributed by atoms with Crippen molar-refractivity contribution in [1.29, 1.82) is 0 Å². The zero-order chi connectivity index (χ0) is 15.3. The van der Waals surface area contributed by atoms with Crippen LogP contribution in [0.1, 0.15) is 12.5 Å². The first-order chi connectivity index (χ1) is 9.24. The number of urea groups is 1. The fraction of sp³-hybridized carbons (Fsp3) is 0.364. The number of pyridine rings is 1. The van der Waals surface area contributed by atoms with Crippen LogP contribution in [-0.4, -0.2) is 29.2 Å². The van der Waals surface area contributed by atoms with E-state index in [9.17, 15) is 22.8 Å². The summed E-state index contributed by atoms with van der Waals surface area (Å²) in [7, 11) is 1.36. The number of amides is 3. The first-order valence-electron chi connectivity index (χ1n) is 5.46. The van der Waals surface area contributed by atoms with Crippen LogP contribution in [0.25, 0.3) is 0 Å². The van der Waals surface area contributed by atoms with Gasteiger partial charge in [-0.05, 0) is 19.1 Å². The molecule has 9 heteroatoms. The summed E-state index contributed by atoms with van der Waals surface area (Å²) in [5, 5.41) is 3.88. The molecule has 1 aromatic heterocycles. The maximum atomic E-state index is 12.3. The van der Waals surface area contributed by atoms with E-state index >= 15 is 0 Å². The molecule has 1 heterocycles. The highest BCUT2D eigenvalue weighted by atomic mass is 32.2. The Morgan fingerprint density at radius 2 is 2.00 bits per heavy atom. The van der Waals surface area contributed by atoms with Gasteiger partial charge < -0.3 is 5.32 Å². The quantitative estimate of drug-likeness (QED) is 0.838. The molecule has 0 spiro atoms. The topological polar surface area (TPSA) is 71.1 Å². The summed E-state index contributed by atoms with van der Waals surface area (Å²) in [5.41, 5.74) is -0.857. The minimum absolute atomic E-state index is 0.262. The molecular formula is C11H12F3N3O2S. The van der Waals surface area contributed by atoms with Gasteiger partial charge in [0.05, 0.1) is 15.8 Å². The monoisotopic (exact) mass is 307 g/mol. The van der Waals surface area contributed by atoms with Crippen LogP contribution in [0.3, 0.4) is 0 Å². The highest BCUT2D eigenvalue weighted by molar-refractivity contribution is 8.00. The van der Waals surface area contributed by atoms with Crippen LogP contribution in [-0.2, 0) is 11.0 Å². The Balaban J connectivity index is 2.64. The molecule has 0 fully saturated rings. The molecule has 1 rings (SSSR count). The fourth-order valence-corrected chi connectivity index (χ4v) is 1.92. The van der Waals surface area contributed by atoms with Crippen molar-refractivity contribution in [3.63, 3.8) is 0 Å². The van der Waals surface area contributed by atoms with E-state index in [0.29, 0.717) is 6.20 Å². The number of nitrogens with one attached hydrogen (secondary N) is 2. The average Bonchev–Trinajstić information content (AvgIpc) is 2.38. The Kier molecular flexibility index (Phi) is 5.37. The summed E-state index contributed by atoms with van der Waals surface area (Å²) < 4.78 is 37.0. The minimum atomic E-state index is -4.45. The van der Waals surface area contributed by atoms with E-state index in [-0.39, 0.29) is 5.03 Å². The molecule has 0 saturated heterocycles. The number of rotatable bonds is 3. The number of hydrogen-bond acceptors (Lipinski definition) is 4. The molecule has 2 N–H and O–H groups in total. The Bertz CT molecular complexity index is 491. The predicted octanol–water partition coefficient (Wildman–Crippen LogP) is 2.04. The molecule has 0 aromatic carbocycles. The second-order valence-electron chi connectivity index (χ2n) is 3.71. The summed E-state index contributed by atoms with van der Waals surface area (Å²) in [6.45, 7) is 1.52. The van der Waals surface area contributed by atoms with Gasteiger partial charge in [0.1, 0.15) is 0 Å². The van der Waals surface area contributed by atoms with Crippen LogP contribution in [0.5, 0.6) is 0 Å². The van der Waals surface area contributed by atoms with Crippen molar-refractivity contribution < 1.29 is 22.8 Å². The van der Waals surface area contributed by atoms with Crippen molar-refractivity contribution in [2.24, 2.45) is 0 Å². The number of carbonyl (C=O) groups excluding carboxylic acids is 2. The molecule has 5 nitrogen and oxygen atoms in total. The highest BCUT2D eigenvalue weighted by Gasteiger charge is 2.30. The van der Waals surface area contributed by atoms with E-state index in [4.69, 9.17) is 0 Å². The Morgan fingerprint density at radius 3 is 2.45 bits per heavy atom. The number of alkyl halides is 3. The van der Waals surface area contributed by atoms with Gasteiger partial charge in [-0.3, -0.25) is 10.1 Å². The zero-order valence-electron chi connectivity index (χ0n) is 10.6. The van der Waals surface area contributed by atoms with Crippen molar-refractivity contribution in [1.82, 2.24) is 15.6 Å². The van der Waals surface area contributed by atoms with Gasteiger partial charge in [0.2, 0.25) is 5.91 Å². The molecule has 0 aliphatic heterocycles. The average molecular weight is 307 g/mol. The lowest BCUT2D eigenvalue weighted by Crippen LogP contribution is -2.41. The molecule has 0 radical (unpaired) electrons. The molecule has 1 aromatic rings. The number of thioether (sulfide) groups is 1. The standard InChI is InChI=1S/C11H12F3N3O2S/c1-6(9(18)17-10(19)15-2)20-8-4-3-7(5-16-8)11(12,13)14/h3-6H,1-2H3,(H2,15,17,18,19)/t6-/m0/s1. The van der Waals surface area contributed by atoms with Gasteiger partial charge in [0.15, 0.2) is 0 Å². The summed E-state index contributed by atoms with van der Waals surface area (Å²) >= 11 is 0.953. The van der Waals surface area contributed by atoms with Crippen molar-refractivity contribution in [2.75, 3.05) is 7.05 Å². The normalized spacial score (nSPS) is 12.7. The van der Waals surface area contributed by atoms with E-state index in [1.807, 2.05) is 0 Å². The van der Waals surface area contributed by atoms with Crippen molar-refractivity contribution in [2.45, 2.75) is 23.4 Å². The molecule has 20 heavy (non-hydrogen) atoms. The SMILES string of the molecule is CNC(=O)NC(=O)[C@H](C)Sc1ccc(C(F)(F)F)cn1. The summed E-state index contributed by atoms with van der Waals surface area (Å²) in [6.07, 6.45) is -3.75. The smallest absolute Gasteiger partial charge is 0.341 e. The third-order valence-corrected chi connectivity index (χ3v) is 3.24. The Labute approximate surface area is 117 Å². The van der Waals surface area contributed by atoms with E-state index in [0.717, 1.165) is 17.8 Å². The van der Waals surface area contributed by atoms with Gasteiger partial charge in [-0.2, -0.15) is 13.2 Å². The number of carbonyl (C=O) groups is 2. The minimum Gasteiger partial charge on any atom is -0.341 e. The first kappa shape index (κ1) is 16.3. The van der Waals surface area contributed by atoms with Crippen molar-refractivity contribution in [3.05, 3.63) is 23.9 Å². The molecule has 0 saturated carbocycles. The van der Waals surface area contributed by atoms with Crippen LogP contribution >= 0.6 is 11.8 Å². The van der Waals surface area contributed by atoms with Crippen molar-refractivity contribution in [3.8, 4) is 0 Å². The molecule has 0 aliphatic rings. The zero-order valence-corrected chi connectivity index (χ0v) is 11.4. The largest absolute Gasteiger partial charge is 0.417 e. The van der Waals surface area contributed by atoms with Crippen LogP contribution < -0.4 is 10.6 Å². The van der Waals surface area contributed by atoms with E-state index in [2.05, 4.69) is 15.6 Å². The van der Waals surface area contributed by atoms with E-state index in [1.54, 1.807) is 0 Å². The molecular weight excluding hydrogens is 295 g/mol. The second-order valence-corrected chi connectivity index (χ2v) is 5.07. The third-order valence-electron chi connectivity index (χ3n) is 2.19. The van der Waals surface area contributed by atoms with Crippen LogP contribution in [0.4, 0.5) is 18.0 Å². The lowest BCUT2D eigenvalue weighted by Gasteiger charge is -2.11. The predicted molar refractivity (Wildman–Crippen MR) is 67.2 cm³/mol. The Morgan fingerprint density at radius 1 is 1.35 bits per heavy atom. The Hall–Kier alpha value is -1.77. The number of hydrogen-bond donors (Lipinski definition) is 2. The lowest BCUT2D eigenvalue weighted by atomic mass is 10.3. The molecule has 0 aliphatic carbocycles. The van der Waals surface area contributed by atoms with Crippen LogP contribution in [0.15, 0.2) is 23.4 Å². The molecule has 110 valence electrons. The second kappa shape index (κ2) is 6.60. The number of aromatic nitrogens is 1. The van der Waals surface area contributed by atoms with Gasteiger partial charge in [-0.15, -0.1) is 0 Å². The number of nitrogens with zero attached hydrogens (tertiary/aromatic N) is 1. The van der Waals surface area contributed by atoms with Crippen molar-refractivity contribution >= 4 is 23.7 Å². The maximum absolute atomic E-state index is 12.3. The molecule has 0 unspecified atom stereocenters. The van der Waals surface area contributed by atoms with Gasteiger partial charge in [-0.1, -0.05) is 11.8 Å². The third kappa shape index (κ3) is 4.72. The highest BCUT2D eigenvalue weighted by Crippen LogP contribution is 2.30. The van der Waals surface area contributed by atoms with Gasteiger partial charge >= 0.3 is 12.2 Å². The first-order valence-corrected chi connectivity index (χ1v) is 6.34. The molecule has 0 bridgehead atoms. The van der Waals surface area contributed by atoms with E-state index < -0.39 is 28.9 Å². The number of halogens is 3. The number of imide groups is 1. The van der Waals surface area contributed by atoms with E-state index in [1.165, 1.54) is 20.0 Å². The lowest BCUT2D eigenvalue weighted by molar-refractivity contribution is -0.137. The fourth-order valence-electron chi connectivity index (χ4n) is 1.13. The van der Waals surface area contributed by atoms with Gasteiger partial charge in [0, 0.05) is 13.2 Å². The van der Waals surface area contributed by atoms with Crippen LogP contribution in [0.2, 0.25) is 0 Å².